The van der Waals surface area contributed by atoms with Gasteiger partial charge >= 0.3 is 12.1 Å². The lowest BCUT2D eigenvalue weighted by Crippen LogP contribution is -2.39. The number of rotatable bonds is 4. The van der Waals surface area contributed by atoms with Crippen molar-refractivity contribution in [1.29, 1.82) is 0 Å². The van der Waals surface area contributed by atoms with Crippen molar-refractivity contribution in [2.45, 2.75) is 30.9 Å². The van der Waals surface area contributed by atoms with Crippen LogP contribution in [-0.4, -0.2) is 33.3 Å². The Morgan fingerprint density at radius 1 is 1.09 bits per heavy atom. The van der Waals surface area contributed by atoms with Crippen LogP contribution in [0.5, 0.6) is 0 Å². The van der Waals surface area contributed by atoms with E-state index in [-0.39, 0.29) is 29.9 Å². The molecule has 0 radical (unpaired) electrons. The number of hydrogen-bond donors (Lipinski definition) is 1. The minimum Gasteiger partial charge on any atom is -0.481 e. The van der Waals surface area contributed by atoms with Crippen molar-refractivity contribution < 1.29 is 27.9 Å². The fraction of sp³-hybridized carbons (Fsp3) is 0.261. The summed E-state index contributed by atoms with van der Waals surface area (Å²) in [7, 11) is 0. The number of halogens is 4. The molecule has 1 fully saturated rings. The van der Waals surface area contributed by atoms with Crippen LogP contribution in [0.15, 0.2) is 48.5 Å². The molecule has 0 atom stereocenters. The molecule has 0 unspecified atom stereocenters. The molecule has 2 aliphatic rings. The van der Waals surface area contributed by atoms with Crippen LogP contribution in [0.3, 0.4) is 0 Å². The molecule has 1 aliphatic carbocycles. The van der Waals surface area contributed by atoms with Gasteiger partial charge in [-0.2, -0.15) is 18.3 Å². The van der Waals surface area contributed by atoms with Gasteiger partial charge in [-0.15, -0.1) is 0 Å². The number of carbonyl (C=O) groups is 2. The van der Waals surface area contributed by atoms with Gasteiger partial charge in [0.1, 0.15) is 5.69 Å². The second kappa shape index (κ2) is 7.34. The largest absolute Gasteiger partial charge is 0.481 e. The van der Waals surface area contributed by atoms with Gasteiger partial charge in [0.05, 0.1) is 11.1 Å². The van der Waals surface area contributed by atoms with Crippen LogP contribution in [0, 0.1) is 0 Å². The summed E-state index contributed by atoms with van der Waals surface area (Å²) in [5, 5.41) is 13.5. The van der Waals surface area contributed by atoms with Crippen LogP contribution >= 0.6 is 11.6 Å². The van der Waals surface area contributed by atoms with Gasteiger partial charge < -0.3 is 10.0 Å². The second-order valence-electron chi connectivity index (χ2n) is 8.21. The first kappa shape index (κ1) is 21.5. The van der Waals surface area contributed by atoms with E-state index in [1.54, 1.807) is 36.4 Å². The van der Waals surface area contributed by atoms with E-state index >= 15 is 0 Å². The first-order valence-electron chi connectivity index (χ1n) is 10.2. The Bertz CT molecular complexity index is 1280. The monoisotopic (exact) mass is 475 g/mol. The molecule has 170 valence electrons. The van der Waals surface area contributed by atoms with Crippen molar-refractivity contribution >= 4 is 29.2 Å². The van der Waals surface area contributed by atoms with Crippen LogP contribution in [-0.2, 0) is 22.8 Å². The summed E-state index contributed by atoms with van der Waals surface area (Å²) >= 11 is 6.01. The second-order valence-corrected chi connectivity index (χ2v) is 8.64. The molecular formula is C23H17ClF3N3O3. The van der Waals surface area contributed by atoms with Crippen LogP contribution < -0.4 is 4.90 Å². The summed E-state index contributed by atoms with van der Waals surface area (Å²) in [5.74, 6) is -1.51. The summed E-state index contributed by atoms with van der Waals surface area (Å²) in [6, 6.07) is 12.7. The molecule has 0 spiro atoms. The van der Waals surface area contributed by atoms with Crippen molar-refractivity contribution in [2.75, 3.05) is 11.4 Å². The SMILES string of the molecule is O=C1c2c(c(C(F)(F)F)nn2-c2cccc(Cl)c2)CCN1c1ccc(C2(C(=O)O)CC2)cc1. The van der Waals surface area contributed by atoms with Gasteiger partial charge in [-0.1, -0.05) is 29.8 Å². The van der Waals surface area contributed by atoms with Crippen molar-refractivity contribution in [3.8, 4) is 5.69 Å². The molecule has 2 aromatic carbocycles. The highest BCUT2D eigenvalue weighted by Gasteiger charge is 2.51. The van der Waals surface area contributed by atoms with Gasteiger partial charge in [-0.05, 0) is 55.2 Å². The Hall–Kier alpha value is -3.33. The van der Waals surface area contributed by atoms with Crippen LogP contribution in [0.1, 0.15) is 40.2 Å². The Morgan fingerprint density at radius 2 is 1.79 bits per heavy atom. The zero-order valence-corrected chi connectivity index (χ0v) is 17.8. The number of anilines is 1. The highest BCUT2D eigenvalue weighted by Crippen LogP contribution is 2.48. The number of amides is 1. The molecule has 3 aromatic rings. The Labute approximate surface area is 191 Å². The summed E-state index contributed by atoms with van der Waals surface area (Å²) < 4.78 is 42.0. The first-order valence-corrected chi connectivity index (χ1v) is 10.6. The molecule has 1 N–H and O–H groups in total. The lowest BCUT2D eigenvalue weighted by atomic mass is 9.95. The number of nitrogens with zero attached hydrogens (tertiary/aromatic N) is 3. The maximum atomic E-state index is 13.7. The number of carboxylic acid groups (broad SMARTS) is 1. The predicted octanol–water partition coefficient (Wildman–Crippen LogP) is 4.86. The minimum absolute atomic E-state index is 0.0305. The normalized spacial score (nSPS) is 17.1. The highest BCUT2D eigenvalue weighted by molar-refractivity contribution is 6.30. The number of carbonyl (C=O) groups excluding carboxylic acids is 1. The van der Waals surface area contributed by atoms with Crippen LogP contribution in [0.4, 0.5) is 18.9 Å². The van der Waals surface area contributed by atoms with E-state index in [1.807, 2.05) is 0 Å². The zero-order chi connectivity index (χ0) is 23.5. The van der Waals surface area contributed by atoms with Crippen molar-refractivity contribution in [2.24, 2.45) is 0 Å². The van der Waals surface area contributed by atoms with E-state index < -0.39 is 29.2 Å². The lowest BCUT2D eigenvalue weighted by Gasteiger charge is -2.28. The van der Waals surface area contributed by atoms with E-state index in [2.05, 4.69) is 5.10 Å². The minimum atomic E-state index is -4.71. The smallest absolute Gasteiger partial charge is 0.435 e. The molecule has 10 heteroatoms. The van der Waals surface area contributed by atoms with Crippen molar-refractivity contribution in [1.82, 2.24) is 9.78 Å². The number of carboxylic acids is 1. The Balaban J connectivity index is 1.56. The van der Waals surface area contributed by atoms with Crippen LogP contribution in [0.2, 0.25) is 5.02 Å². The molecule has 0 bridgehead atoms. The van der Waals surface area contributed by atoms with Crippen LogP contribution in [0.25, 0.3) is 5.69 Å². The Kier molecular flexibility index (Phi) is 4.79. The van der Waals surface area contributed by atoms with E-state index in [1.165, 1.54) is 17.0 Å². The topological polar surface area (TPSA) is 75.4 Å². The third-order valence-electron chi connectivity index (χ3n) is 6.23. The van der Waals surface area contributed by atoms with Gasteiger partial charge in [0.25, 0.3) is 5.91 Å². The summed E-state index contributed by atoms with van der Waals surface area (Å²) in [4.78, 5) is 26.4. The van der Waals surface area contributed by atoms with E-state index in [0.717, 1.165) is 4.68 Å². The molecule has 1 saturated carbocycles. The molecular weight excluding hydrogens is 459 g/mol. The van der Waals surface area contributed by atoms with E-state index in [0.29, 0.717) is 29.1 Å². The number of alkyl halides is 3. The number of benzene rings is 2. The van der Waals surface area contributed by atoms with Crippen molar-refractivity contribution in [3.05, 3.63) is 76.1 Å². The third kappa shape index (κ3) is 3.47. The first-order chi connectivity index (χ1) is 15.6. The average Bonchev–Trinajstić information content (AvgIpc) is 3.48. The van der Waals surface area contributed by atoms with Gasteiger partial charge in [0, 0.05) is 22.8 Å². The maximum Gasteiger partial charge on any atom is 0.435 e. The summed E-state index contributed by atoms with van der Waals surface area (Å²) in [6.07, 6.45) is -3.65. The van der Waals surface area contributed by atoms with Gasteiger partial charge in [-0.3, -0.25) is 9.59 Å². The van der Waals surface area contributed by atoms with E-state index in [4.69, 9.17) is 11.6 Å². The molecule has 1 amide bonds. The Morgan fingerprint density at radius 3 is 2.36 bits per heavy atom. The highest BCUT2D eigenvalue weighted by atomic mass is 35.5. The lowest BCUT2D eigenvalue weighted by molar-refractivity contribution is -0.142. The zero-order valence-electron chi connectivity index (χ0n) is 17.1. The molecule has 0 saturated heterocycles. The number of fused-ring (bicyclic) bond motifs is 1. The average molecular weight is 476 g/mol. The third-order valence-corrected chi connectivity index (χ3v) is 6.46. The van der Waals surface area contributed by atoms with Gasteiger partial charge in [0.2, 0.25) is 0 Å². The fourth-order valence-electron chi connectivity index (χ4n) is 4.34. The predicted molar refractivity (Wildman–Crippen MR) is 114 cm³/mol. The maximum absolute atomic E-state index is 13.7. The number of aliphatic carboxylic acids is 1. The van der Waals surface area contributed by atoms with Gasteiger partial charge in [-0.25, -0.2) is 4.68 Å². The number of hydrogen-bond acceptors (Lipinski definition) is 3. The fourth-order valence-corrected chi connectivity index (χ4v) is 4.52. The number of aromatic nitrogens is 2. The van der Waals surface area contributed by atoms with Gasteiger partial charge in [0.15, 0.2) is 5.69 Å². The standard InChI is InChI=1S/C23H17ClF3N3O3/c24-14-2-1-3-16(12-14)30-18-17(19(28-30)23(25,26)27)8-11-29(20(18)31)15-6-4-13(5-7-15)22(9-10-22)21(32)33/h1-7,12H,8-11H2,(H,32,33). The molecule has 33 heavy (non-hydrogen) atoms. The molecule has 2 heterocycles. The quantitative estimate of drug-likeness (QED) is 0.584. The molecule has 5 rings (SSSR count). The summed E-state index contributed by atoms with van der Waals surface area (Å²) in [5.41, 5.74) is -0.915. The summed E-state index contributed by atoms with van der Waals surface area (Å²) in [6.45, 7) is 0.0412. The molecule has 1 aliphatic heterocycles. The van der Waals surface area contributed by atoms with Crippen molar-refractivity contribution in [3.63, 3.8) is 0 Å². The molecule has 6 nitrogen and oxygen atoms in total. The molecule has 1 aromatic heterocycles. The van der Waals surface area contributed by atoms with E-state index in [9.17, 15) is 27.9 Å².